The summed E-state index contributed by atoms with van der Waals surface area (Å²) < 4.78 is 0. The summed E-state index contributed by atoms with van der Waals surface area (Å²) in [5.74, 6) is -1.00. The molecule has 8 heteroatoms. The number of pyridine rings is 1. The predicted molar refractivity (Wildman–Crippen MR) is 134 cm³/mol. The Morgan fingerprint density at radius 1 is 1.00 bits per heavy atom. The smallest absolute Gasteiger partial charge is 0.261 e. The molecule has 0 aliphatic rings. The van der Waals surface area contributed by atoms with Crippen LogP contribution in [0.3, 0.4) is 0 Å². The van der Waals surface area contributed by atoms with Gasteiger partial charge in [0.05, 0.1) is 22.7 Å². The summed E-state index contributed by atoms with van der Waals surface area (Å²) in [5, 5.41) is 11.3. The molecule has 3 amide bonds. The number of amides is 3. The van der Waals surface area contributed by atoms with Gasteiger partial charge in [0.15, 0.2) is 0 Å². The molecular weight excluding hydrogens is 448 g/mol. The first-order valence-electron chi connectivity index (χ1n) is 10.4. The molecule has 0 fully saturated rings. The second-order valence-corrected chi connectivity index (χ2v) is 8.49. The van der Waals surface area contributed by atoms with Crippen LogP contribution in [-0.4, -0.2) is 40.4 Å². The zero-order valence-electron chi connectivity index (χ0n) is 19.0. The maximum absolute atomic E-state index is 12.7. The van der Waals surface area contributed by atoms with Crippen molar-refractivity contribution in [1.82, 2.24) is 9.88 Å². The Hall–Kier alpha value is -4.04. The Labute approximate surface area is 202 Å². The van der Waals surface area contributed by atoms with Gasteiger partial charge in [-0.15, -0.1) is 0 Å². The molecule has 3 aromatic rings. The molecule has 0 aliphatic carbocycles. The molecule has 1 heterocycles. The number of carbonyl (C=O) groups is 3. The lowest BCUT2D eigenvalue weighted by Gasteiger charge is -2.16. The summed E-state index contributed by atoms with van der Waals surface area (Å²) in [6.45, 7) is 2.74. The molecule has 34 heavy (non-hydrogen) atoms. The first-order chi connectivity index (χ1) is 16.3. The zero-order valence-corrected chi connectivity index (χ0v) is 19.8. The van der Waals surface area contributed by atoms with E-state index in [1.165, 1.54) is 32.7 Å². The number of hydrogen-bond acceptors (Lipinski definition) is 6. The van der Waals surface area contributed by atoms with E-state index >= 15 is 0 Å². The van der Waals surface area contributed by atoms with E-state index in [0.29, 0.717) is 21.7 Å². The standard InChI is InChI=1S/C26H24N4O3S/c1-17(31)29-24-16-20(12-13-21(24)23(27)14-11-19-8-6-7-15-28-19)34-25-10-5-4-9-22(25)26(33)30(3)18(2)32/h4-16,27H,1-3H3,(H,29,31)/b14-11+,27-23?. The van der Waals surface area contributed by atoms with Crippen molar-refractivity contribution in [2.45, 2.75) is 23.6 Å². The molecule has 3 rings (SSSR count). The Balaban J connectivity index is 1.91. The maximum atomic E-state index is 12.7. The van der Waals surface area contributed by atoms with Gasteiger partial charge in [-0.25, -0.2) is 0 Å². The molecular formula is C26H24N4O3S. The van der Waals surface area contributed by atoms with Gasteiger partial charge in [-0.3, -0.25) is 24.3 Å². The van der Waals surface area contributed by atoms with Crippen LogP contribution < -0.4 is 5.32 Å². The molecule has 0 radical (unpaired) electrons. The van der Waals surface area contributed by atoms with Crippen LogP contribution in [0, 0.1) is 5.41 Å². The summed E-state index contributed by atoms with van der Waals surface area (Å²) in [4.78, 5) is 42.9. The summed E-state index contributed by atoms with van der Waals surface area (Å²) in [7, 11) is 1.44. The average Bonchev–Trinajstić information content (AvgIpc) is 2.82. The lowest BCUT2D eigenvalue weighted by Crippen LogP contribution is -2.31. The quantitative estimate of drug-likeness (QED) is 0.477. The largest absolute Gasteiger partial charge is 0.326 e. The summed E-state index contributed by atoms with van der Waals surface area (Å²) >= 11 is 1.33. The number of imide groups is 1. The molecule has 0 atom stereocenters. The monoisotopic (exact) mass is 472 g/mol. The summed E-state index contributed by atoms with van der Waals surface area (Å²) in [6.07, 6.45) is 5.03. The lowest BCUT2D eigenvalue weighted by atomic mass is 10.1. The van der Waals surface area contributed by atoms with Crippen molar-refractivity contribution in [3.8, 4) is 0 Å². The number of nitrogens with zero attached hydrogens (tertiary/aromatic N) is 2. The molecule has 172 valence electrons. The molecule has 0 saturated carbocycles. The number of carbonyl (C=O) groups excluding carboxylic acids is 3. The van der Waals surface area contributed by atoms with Crippen molar-refractivity contribution in [2.75, 3.05) is 12.4 Å². The lowest BCUT2D eigenvalue weighted by molar-refractivity contribution is -0.125. The van der Waals surface area contributed by atoms with Crippen LogP contribution in [0.25, 0.3) is 6.08 Å². The molecule has 0 unspecified atom stereocenters. The van der Waals surface area contributed by atoms with E-state index in [1.807, 2.05) is 30.3 Å². The first-order valence-corrected chi connectivity index (χ1v) is 11.2. The Morgan fingerprint density at radius 2 is 1.74 bits per heavy atom. The molecule has 0 aliphatic heterocycles. The third-order valence-corrected chi connectivity index (χ3v) is 5.89. The fraction of sp³-hybridized carbons (Fsp3) is 0.115. The van der Waals surface area contributed by atoms with E-state index in [0.717, 1.165) is 15.5 Å². The minimum Gasteiger partial charge on any atom is -0.326 e. The second-order valence-electron chi connectivity index (χ2n) is 7.37. The topological polar surface area (TPSA) is 103 Å². The highest BCUT2D eigenvalue weighted by Gasteiger charge is 2.19. The highest BCUT2D eigenvalue weighted by molar-refractivity contribution is 7.99. The van der Waals surface area contributed by atoms with Crippen LogP contribution in [0.5, 0.6) is 0 Å². The number of hydrogen-bond donors (Lipinski definition) is 2. The Kier molecular flexibility index (Phi) is 8.10. The van der Waals surface area contributed by atoms with Gasteiger partial charge in [-0.1, -0.05) is 30.0 Å². The molecule has 0 saturated heterocycles. The van der Waals surface area contributed by atoms with E-state index in [2.05, 4.69) is 10.3 Å². The predicted octanol–water partition coefficient (Wildman–Crippen LogP) is 4.89. The molecule has 7 nitrogen and oxygen atoms in total. The minimum atomic E-state index is -0.393. The highest BCUT2D eigenvalue weighted by atomic mass is 32.2. The zero-order chi connectivity index (χ0) is 24.7. The SMILES string of the molecule is CC(=O)Nc1cc(Sc2ccccc2C(=O)N(C)C(C)=O)ccc1C(=N)/C=C/c1ccccn1. The van der Waals surface area contributed by atoms with Crippen LogP contribution in [0.15, 0.2) is 82.7 Å². The van der Waals surface area contributed by atoms with E-state index in [1.54, 1.807) is 48.7 Å². The summed E-state index contributed by atoms with van der Waals surface area (Å²) in [6, 6.07) is 17.9. The normalized spacial score (nSPS) is 10.7. The number of rotatable bonds is 7. The van der Waals surface area contributed by atoms with Crippen molar-refractivity contribution in [3.63, 3.8) is 0 Å². The summed E-state index contributed by atoms with van der Waals surface area (Å²) in [5.41, 5.74) is 2.37. The number of benzene rings is 2. The van der Waals surface area contributed by atoms with Crippen molar-refractivity contribution in [2.24, 2.45) is 0 Å². The van der Waals surface area contributed by atoms with E-state index in [-0.39, 0.29) is 17.5 Å². The van der Waals surface area contributed by atoms with Crippen LogP contribution in [-0.2, 0) is 9.59 Å². The molecule has 0 spiro atoms. The average molecular weight is 473 g/mol. The van der Waals surface area contributed by atoms with Crippen molar-refractivity contribution >= 4 is 47.0 Å². The van der Waals surface area contributed by atoms with Gasteiger partial charge in [0, 0.05) is 42.4 Å². The highest BCUT2D eigenvalue weighted by Crippen LogP contribution is 2.34. The fourth-order valence-electron chi connectivity index (χ4n) is 3.03. The minimum absolute atomic E-state index is 0.213. The number of anilines is 1. The maximum Gasteiger partial charge on any atom is 0.261 e. The molecule has 2 N–H and O–H groups in total. The second kappa shape index (κ2) is 11.2. The van der Waals surface area contributed by atoms with E-state index in [4.69, 9.17) is 5.41 Å². The van der Waals surface area contributed by atoms with Gasteiger partial charge in [-0.2, -0.15) is 0 Å². The van der Waals surface area contributed by atoms with Crippen molar-refractivity contribution in [3.05, 3.63) is 89.8 Å². The van der Waals surface area contributed by atoms with Gasteiger partial charge in [-0.05, 0) is 54.6 Å². The number of aromatic nitrogens is 1. The number of nitrogens with one attached hydrogen (secondary N) is 2. The van der Waals surface area contributed by atoms with Crippen LogP contribution >= 0.6 is 11.8 Å². The van der Waals surface area contributed by atoms with E-state index in [9.17, 15) is 14.4 Å². The van der Waals surface area contributed by atoms with Crippen molar-refractivity contribution in [1.29, 1.82) is 5.41 Å². The van der Waals surface area contributed by atoms with Crippen LogP contribution in [0.2, 0.25) is 0 Å². The third-order valence-electron chi connectivity index (χ3n) is 4.82. The van der Waals surface area contributed by atoms with Crippen LogP contribution in [0.4, 0.5) is 5.69 Å². The molecule has 1 aromatic heterocycles. The van der Waals surface area contributed by atoms with Gasteiger partial charge in [0.2, 0.25) is 11.8 Å². The van der Waals surface area contributed by atoms with Crippen molar-refractivity contribution < 1.29 is 14.4 Å². The third kappa shape index (κ3) is 6.26. The fourth-order valence-corrected chi connectivity index (χ4v) is 4.01. The van der Waals surface area contributed by atoms with Gasteiger partial charge < -0.3 is 10.7 Å². The molecule has 2 aromatic carbocycles. The first kappa shape index (κ1) is 24.6. The van der Waals surface area contributed by atoms with Gasteiger partial charge in [0.25, 0.3) is 5.91 Å². The van der Waals surface area contributed by atoms with Crippen LogP contribution in [0.1, 0.15) is 35.5 Å². The van der Waals surface area contributed by atoms with Gasteiger partial charge >= 0.3 is 0 Å². The Bertz CT molecular complexity index is 1270. The molecule has 0 bridgehead atoms. The Morgan fingerprint density at radius 3 is 2.41 bits per heavy atom. The van der Waals surface area contributed by atoms with Gasteiger partial charge in [0.1, 0.15) is 0 Å². The van der Waals surface area contributed by atoms with E-state index < -0.39 is 5.91 Å². The number of allylic oxidation sites excluding steroid dienone is 1.